The number of aromatic amines is 1. The van der Waals surface area contributed by atoms with Gasteiger partial charge in [-0.05, 0) is 31.0 Å². The number of nitrogens with one attached hydrogen (secondary N) is 1. The quantitative estimate of drug-likeness (QED) is 0.867. The third-order valence-electron chi connectivity index (χ3n) is 3.36. The summed E-state index contributed by atoms with van der Waals surface area (Å²) in [5.74, 6) is 0. The highest BCUT2D eigenvalue weighted by molar-refractivity contribution is 7.99. The normalized spacial score (nSPS) is 14.9. The molecule has 1 fully saturated rings. The zero-order chi connectivity index (χ0) is 14.3. The minimum absolute atomic E-state index is 0.149. The number of hydrogen-bond donors (Lipinski definition) is 2. The summed E-state index contributed by atoms with van der Waals surface area (Å²) in [6.07, 6.45) is 3.93. The summed E-state index contributed by atoms with van der Waals surface area (Å²) in [4.78, 5) is 11.8. The number of aromatic nitrogens is 5. The van der Waals surface area contributed by atoms with Crippen LogP contribution < -0.4 is 11.4 Å². The molecule has 3 rings (SSSR count). The maximum Gasteiger partial charge on any atom is 0.344 e. The zero-order valence-corrected chi connectivity index (χ0v) is 12.4. The van der Waals surface area contributed by atoms with Crippen LogP contribution in [0.2, 0.25) is 0 Å². The molecular formula is C12H18N6OS. The minimum Gasteiger partial charge on any atom is -0.395 e. The molecule has 108 valence electrons. The number of H-pyrrole nitrogens is 1. The van der Waals surface area contributed by atoms with Gasteiger partial charge in [-0.25, -0.2) is 9.89 Å². The van der Waals surface area contributed by atoms with Gasteiger partial charge in [0.25, 0.3) is 0 Å². The largest absolute Gasteiger partial charge is 0.395 e. The van der Waals surface area contributed by atoms with E-state index in [9.17, 15) is 4.79 Å². The molecule has 1 aliphatic rings. The molecule has 2 aromatic heterocycles. The molecule has 8 heteroatoms. The van der Waals surface area contributed by atoms with Crippen molar-refractivity contribution in [2.75, 3.05) is 5.73 Å². The number of aryl methyl sites for hydroxylation is 2. The van der Waals surface area contributed by atoms with Crippen LogP contribution in [0.15, 0.2) is 15.0 Å². The Balaban J connectivity index is 1.93. The molecule has 7 nitrogen and oxygen atoms in total. The third-order valence-corrected chi connectivity index (χ3v) is 4.51. The lowest BCUT2D eigenvalue weighted by Gasteiger charge is -2.04. The van der Waals surface area contributed by atoms with Crippen LogP contribution in [-0.4, -0.2) is 24.5 Å². The molecular weight excluding hydrogens is 276 g/mol. The van der Waals surface area contributed by atoms with Crippen molar-refractivity contribution in [3.8, 4) is 0 Å². The lowest BCUT2D eigenvalue weighted by atomic mass is 10.2. The fourth-order valence-corrected chi connectivity index (χ4v) is 3.22. The van der Waals surface area contributed by atoms with Gasteiger partial charge in [0.2, 0.25) is 0 Å². The van der Waals surface area contributed by atoms with Gasteiger partial charge in [-0.2, -0.15) is 5.10 Å². The lowest BCUT2D eigenvalue weighted by molar-refractivity contribution is 0.637. The van der Waals surface area contributed by atoms with Crippen LogP contribution in [-0.2, 0) is 13.5 Å². The monoisotopic (exact) mass is 294 g/mol. The van der Waals surface area contributed by atoms with E-state index in [1.807, 2.05) is 7.05 Å². The Kier molecular flexibility index (Phi) is 3.33. The molecule has 0 spiro atoms. The first kappa shape index (κ1) is 13.3. The van der Waals surface area contributed by atoms with E-state index in [-0.39, 0.29) is 11.7 Å². The van der Waals surface area contributed by atoms with Gasteiger partial charge in [0.1, 0.15) is 5.03 Å². The molecule has 2 aromatic rings. The number of nitrogens with zero attached hydrogens (tertiary/aromatic N) is 4. The molecule has 0 unspecified atom stereocenters. The van der Waals surface area contributed by atoms with Crippen LogP contribution in [0.3, 0.4) is 0 Å². The van der Waals surface area contributed by atoms with Gasteiger partial charge in [0.15, 0.2) is 5.16 Å². The Hall–Kier alpha value is -1.70. The average molecular weight is 294 g/mol. The van der Waals surface area contributed by atoms with E-state index in [1.54, 1.807) is 9.25 Å². The summed E-state index contributed by atoms with van der Waals surface area (Å²) in [5, 5.41) is 12.6. The molecule has 0 saturated heterocycles. The lowest BCUT2D eigenvalue weighted by Crippen LogP contribution is -2.16. The fourth-order valence-electron chi connectivity index (χ4n) is 2.22. The van der Waals surface area contributed by atoms with Gasteiger partial charge in [-0.1, -0.05) is 13.3 Å². The Bertz CT molecular complexity index is 681. The first-order chi connectivity index (χ1) is 9.61. The number of rotatable bonds is 5. The first-order valence-corrected chi connectivity index (χ1v) is 7.59. The van der Waals surface area contributed by atoms with E-state index in [0.717, 1.165) is 36.4 Å². The van der Waals surface area contributed by atoms with Gasteiger partial charge in [0, 0.05) is 13.1 Å². The number of nitrogens with two attached hydrogens (primary N) is 1. The minimum atomic E-state index is -0.149. The fraction of sp³-hybridized carbons (Fsp3) is 0.583. The molecule has 1 saturated carbocycles. The second kappa shape index (κ2) is 5.01. The molecule has 0 radical (unpaired) electrons. The van der Waals surface area contributed by atoms with Crippen molar-refractivity contribution in [3.63, 3.8) is 0 Å². The maximum absolute atomic E-state index is 11.8. The van der Waals surface area contributed by atoms with E-state index in [2.05, 4.69) is 22.2 Å². The smallest absolute Gasteiger partial charge is 0.344 e. The molecule has 0 aromatic carbocycles. The Morgan fingerprint density at radius 2 is 2.25 bits per heavy atom. The summed E-state index contributed by atoms with van der Waals surface area (Å²) in [5.41, 5.74) is 7.61. The average Bonchev–Trinajstić information content (AvgIpc) is 3.13. The van der Waals surface area contributed by atoms with Crippen LogP contribution in [0.4, 0.5) is 5.69 Å². The highest BCUT2D eigenvalue weighted by atomic mass is 32.2. The molecule has 0 bridgehead atoms. The molecule has 3 N–H and O–H groups in total. The van der Waals surface area contributed by atoms with Gasteiger partial charge < -0.3 is 5.73 Å². The number of hydrogen-bond acceptors (Lipinski definition) is 5. The molecule has 0 aliphatic heterocycles. The van der Waals surface area contributed by atoms with Gasteiger partial charge in [0.05, 0.1) is 11.4 Å². The van der Waals surface area contributed by atoms with Crippen molar-refractivity contribution in [2.45, 2.75) is 48.8 Å². The van der Waals surface area contributed by atoms with Crippen LogP contribution >= 0.6 is 11.8 Å². The molecule has 0 atom stereocenters. The Morgan fingerprint density at radius 3 is 2.90 bits per heavy atom. The van der Waals surface area contributed by atoms with Crippen molar-refractivity contribution < 1.29 is 0 Å². The zero-order valence-electron chi connectivity index (χ0n) is 11.6. The maximum atomic E-state index is 11.8. The van der Waals surface area contributed by atoms with Crippen molar-refractivity contribution in [3.05, 3.63) is 16.2 Å². The molecule has 0 amide bonds. The summed E-state index contributed by atoms with van der Waals surface area (Å²) in [7, 11) is 1.87. The van der Waals surface area contributed by atoms with Crippen molar-refractivity contribution in [1.29, 1.82) is 0 Å². The van der Waals surface area contributed by atoms with E-state index in [4.69, 9.17) is 5.73 Å². The van der Waals surface area contributed by atoms with Gasteiger partial charge >= 0.3 is 5.69 Å². The topological polar surface area (TPSA) is 94.5 Å². The standard InChI is InChI=1S/C12H18N6OS/c1-3-4-8-9(13)10(17(2)16-8)20-12-15-14-11(19)18(12)7-5-6-7/h7H,3-6,13H2,1-2H3,(H,14,19). The second-order valence-corrected chi connectivity index (χ2v) is 6.01. The van der Waals surface area contributed by atoms with Gasteiger partial charge in [-0.15, -0.1) is 5.10 Å². The van der Waals surface area contributed by atoms with Crippen molar-refractivity contribution >= 4 is 17.4 Å². The van der Waals surface area contributed by atoms with Crippen LogP contribution in [0.25, 0.3) is 0 Å². The molecule has 1 aliphatic carbocycles. The molecule has 2 heterocycles. The predicted octanol–water partition coefficient (Wildman–Crippen LogP) is 1.33. The Morgan fingerprint density at radius 1 is 1.50 bits per heavy atom. The first-order valence-electron chi connectivity index (χ1n) is 6.78. The van der Waals surface area contributed by atoms with E-state index < -0.39 is 0 Å². The van der Waals surface area contributed by atoms with E-state index in [1.165, 1.54) is 11.8 Å². The second-order valence-electron chi connectivity index (χ2n) is 5.05. The van der Waals surface area contributed by atoms with Crippen LogP contribution in [0.1, 0.15) is 37.9 Å². The van der Waals surface area contributed by atoms with Crippen molar-refractivity contribution in [1.82, 2.24) is 24.5 Å². The third kappa shape index (κ3) is 2.24. The number of anilines is 1. The summed E-state index contributed by atoms with van der Waals surface area (Å²) < 4.78 is 3.48. The van der Waals surface area contributed by atoms with Crippen LogP contribution in [0.5, 0.6) is 0 Å². The highest BCUT2D eigenvalue weighted by Gasteiger charge is 2.29. The van der Waals surface area contributed by atoms with E-state index in [0.29, 0.717) is 10.8 Å². The van der Waals surface area contributed by atoms with Gasteiger partial charge in [-0.3, -0.25) is 9.25 Å². The Labute approximate surface area is 120 Å². The summed E-state index contributed by atoms with van der Waals surface area (Å²) >= 11 is 1.40. The summed E-state index contributed by atoms with van der Waals surface area (Å²) in [6.45, 7) is 2.10. The SMILES string of the molecule is CCCc1nn(C)c(Sc2n[nH]c(=O)n2C2CC2)c1N. The highest BCUT2D eigenvalue weighted by Crippen LogP contribution is 2.39. The van der Waals surface area contributed by atoms with E-state index >= 15 is 0 Å². The van der Waals surface area contributed by atoms with Crippen molar-refractivity contribution in [2.24, 2.45) is 7.05 Å². The van der Waals surface area contributed by atoms with Crippen LogP contribution in [0, 0.1) is 0 Å². The predicted molar refractivity (Wildman–Crippen MR) is 76.9 cm³/mol. The number of nitrogen functional groups attached to an aromatic ring is 1. The molecule has 20 heavy (non-hydrogen) atoms. The summed E-state index contributed by atoms with van der Waals surface area (Å²) in [6, 6.07) is 0.285.